The van der Waals surface area contributed by atoms with E-state index in [1.807, 2.05) is 13.8 Å². The van der Waals surface area contributed by atoms with Crippen molar-refractivity contribution in [2.24, 2.45) is 0 Å². The van der Waals surface area contributed by atoms with E-state index in [9.17, 15) is 10.1 Å². The Balaban J connectivity index is 2.87. The molecular weight excluding hydrogens is 246 g/mol. The Hall–Kier alpha value is -1.92. The lowest BCUT2D eigenvalue weighted by Gasteiger charge is -2.14. The fourth-order valence-electron chi connectivity index (χ4n) is 1.67. The predicted molar refractivity (Wildman–Crippen MR) is 75.5 cm³/mol. The second-order valence-corrected chi connectivity index (χ2v) is 4.40. The molecule has 1 unspecified atom stereocenters. The monoisotopic (exact) mass is 267 g/mol. The van der Waals surface area contributed by atoms with Crippen molar-refractivity contribution >= 4 is 17.5 Å². The van der Waals surface area contributed by atoms with E-state index in [2.05, 4.69) is 27.5 Å². The highest BCUT2D eigenvalue weighted by Gasteiger charge is 2.18. The van der Waals surface area contributed by atoms with Crippen LogP contribution in [-0.2, 0) is 0 Å². The number of hydrogen-bond acceptors (Lipinski definition) is 6. The summed E-state index contributed by atoms with van der Waals surface area (Å²) in [6.45, 7) is 6.70. The average Bonchev–Trinajstić information content (AvgIpc) is 2.36. The topological polar surface area (TPSA) is 93.0 Å². The molecular formula is C12H21N5O2. The first-order valence-corrected chi connectivity index (χ1v) is 6.60. The van der Waals surface area contributed by atoms with Crippen molar-refractivity contribution in [1.82, 2.24) is 9.97 Å². The minimum Gasteiger partial charge on any atom is -0.362 e. The van der Waals surface area contributed by atoms with Gasteiger partial charge in [-0.15, -0.1) is 0 Å². The fourth-order valence-corrected chi connectivity index (χ4v) is 1.67. The van der Waals surface area contributed by atoms with Gasteiger partial charge in [-0.25, -0.2) is 4.98 Å². The van der Waals surface area contributed by atoms with Gasteiger partial charge in [-0.2, -0.15) is 4.98 Å². The molecule has 1 aromatic heterocycles. The molecule has 0 spiro atoms. The predicted octanol–water partition coefficient (Wildman–Crippen LogP) is 2.81. The van der Waals surface area contributed by atoms with Crippen molar-refractivity contribution in [2.45, 2.75) is 46.1 Å². The number of nitrogens with one attached hydrogen (secondary N) is 2. The fraction of sp³-hybridized carbons (Fsp3) is 0.667. The maximum Gasteiger partial charge on any atom is 0.329 e. The van der Waals surface area contributed by atoms with Crippen molar-refractivity contribution < 1.29 is 4.92 Å². The van der Waals surface area contributed by atoms with Gasteiger partial charge >= 0.3 is 5.69 Å². The first-order chi connectivity index (χ1) is 9.08. The largest absolute Gasteiger partial charge is 0.362 e. The lowest BCUT2D eigenvalue weighted by Crippen LogP contribution is -2.18. The van der Waals surface area contributed by atoms with Crippen LogP contribution in [0.1, 0.15) is 40.0 Å². The van der Waals surface area contributed by atoms with Crippen LogP contribution < -0.4 is 10.6 Å². The van der Waals surface area contributed by atoms with Crippen LogP contribution in [0.4, 0.5) is 17.5 Å². The van der Waals surface area contributed by atoms with Crippen LogP contribution >= 0.6 is 0 Å². The van der Waals surface area contributed by atoms with Crippen molar-refractivity contribution in [3.05, 3.63) is 16.3 Å². The SMILES string of the molecule is CCCCC(C)Nc1nc(NCC)ncc1[N+](=O)[O-]. The Morgan fingerprint density at radius 1 is 1.47 bits per heavy atom. The molecule has 7 heteroatoms. The van der Waals surface area contributed by atoms with Gasteiger partial charge < -0.3 is 10.6 Å². The van der Waals surface area contributed by atoms with E-state index < -0.39 is 4.92 Å². The van der Waals surface area contributed by atoms with E-state index in [0.717, 1.165) is 19.3 Å². The quantitative estimate of drug-likeness (QED) is 0.555. The summed E-state index contributed by atoms with van der Waals surface area (Å²) < 4.78 is 0. The van der Waals surface area contributed by atoms with E-state index in [4.69, 9.17) is 0 Å². The summed E-state index contributed by atoms with van der Waals surface area (Å²) in [4.78, 5) is 18.6. The van der Waals surface area contributed by atoms with Crippen molar-refractivity contribution in [2.75, 3.05) is 17.2 Å². The molecule has 1 atom stereocenters. The van der Waals surface area contributed by atoms with E-state index in [1.54, 1.807) is 0 Å². The molecule has 0 radical (unpaired) electrons. The smallest absolute Gasteiger partial charge is 0.329 e. The van der Waals surface area contributed by atoms with Crippen LogP contribution in [0.2, 0.25) is 0 Å². The summed E-state index contributed by atoms with van der Waals surface area (Å²) in [6, 6.07) is 0.142. The van der Waals surface area contributed by atoms with Gasteiger partial charge in [0.05, 0.1) is 4.92 Å². The van der Waals surface area contributed by atoms with Gasteiger partial charge in [0.15, 0.2) is 0 Å². The lowest BCUT2D eigenvalue weighted by molar-refractivity contribution is -0.384. The van der Waals surface area contributed by atoms with Gasteiger partial charge in [-0.3, -0.25) is 10.1 Å². The Bertz CT molecular complexity index is 425. The van der Waals surface area contributed by atoms with Crippen LogP contribution in [0, 0.1) is 10.1 Å². The number of nitrogens with zero attached hydrogens (tertiary/aromatic N) is 3. The second kappa shape index (κ2) is 7.50. The standard InChI is InChI=1S/C12H21N5O2/c1-4-6-7-9(3)15-11-10(17(18)19)8-14-12(16-11)13-5-2/h8-9H,4-7H2,1-3H3,(H2,13,14,15,16). The summed E-state index contributed by atoms with van der Waals surface area (Å²) in [6.07, 6.45) is 4.36. The number of anilines is 2. The molecule has 1 aromatic rings. The summed E-state index contributed by atoms with van der Waals surface area (Å²) in [7, 11) is 0. The highest BCUT2D eigenvalue weighted by Crippen LogP contribution is 2.23. The maximum atomic E-state index is 11.0. The van der Waals surface area contributed by atoms with Crippen molar-refractivity contribution in [3.8, 4) is 0 Å². The number of rotatable bonds is 8. The summed E-state index contributed by atoms with van der Waals surface area (Å²) >= 11 is 0. The highest BCUT2D eigenvalue weighted by atomic mass is 16.6. The summed E-state index contributed by atoms with van der Waals surface area (Å²) in [5.41, 5.74) is -0.0926. The van der Waals surface area contributed by atoms with E-state index in [-0.39, 0.29) is 17.5 Å². The first kappa shape index (κ1) is 15.1. The number of hydrogen-bond donors (Lipinski definition) is 2. The molecule has 0 aliphatic carbocycles. The minimum atomic E-state index is -0.468. The van der Waals surface area contributed by atoms with Crippen LogP contribution in [0.3, 0.4) is 0 Å². The van der Waals surface area contributed by atoms with Gasteiger partial charge in [0, 0.05) is 12.6 Å². The van der Waals surface area contributed by atoms with Crippen LogP contribution in [0.15, 0.2) is 6.20 Å². The zero-order valence-corrected chi connectivity index (χ0v) is 11.6. The minimum absolute atomic E-state index is 0.0926. The van der Waals surface area contributed by atoms with Crippen LogP contribution in [-0.4, -0.2) is 27.5 Å². The molecule has 0 fully saturated rings. The Morgan fingerprint density at radius 2 is 2.21 bits per heavy atom. The highest BCUT2D eigenvalue weighted by molar-refractivity contribution is 5.57. The Labute approximate surface area is 113 Å². The summed E-state index contributed by atoms with van der Waals surface area (Å²) in [5, 5.41) is 17.0. The number of unbranched alkanes of at least 4 members (excludes halogenated alkanes) is 1. The number of aromatic nitrogens is 2. The van der Waals surface area contributed by atoms with Crippen LogP contribution in [0.25, 0.3) is 0 Å². The van der Waals surface area contributed by atoms with Gasteiger partial charge in [0.2, 0.25) is 11.8 Å². The lowest BCUT2D eigenvalue weighted by atomic mass is 10.1. The third kappa shape index (κ3) is 4.69. The van der Waals surface area contributed by atoms with E-state index in [0.29, 0.717) is 12.5 Å². The van der Waals surface area contributed by atoms with E-state index in [1.165, 1.54) is 6.20 Å². The normalized spacial score (nSPS) is 11.9. The first-order valence-electron chi connectivity index (χ1n) is 6.60. The maximum absolute atomic E-state index is 11.0. The van der Waals surface area contributed by atoms with Crippen molar-refractivity contribution in [1.29, 1.82) is 0 Å². The summed E-state index contributed by atoms with van der Waals surface area (Å²) in [5.74, 6) is 0.679. The molecule has 0 bridgehead atoms. The molecule has 19 heavy (non-hydrogen) atoms. The average molecular weight is 267 g/mol. The zero-order chi connectivity index (χ0) is 14.3. The van der Waals surface area contributed by atoms with Gasteiger partial charge in [-0.05, 0) is 20.3 Å². The third-order valence-corrected chi connectivity index (χ3v) is 2.67. The van der Waals surface area contributed by atoms with Gasteiger partial charge in [0.1, 0.15) is 6.20 Å². The van der Waals surface area contributed by atoms with Gasteiger partial charge in [0.25, 0.3) is 0 Å². The van der Waals surface area contributed by atoms with E-state index >= 15 is 0 Å². The van der Waals surface area contributed by atoms with Crippen molar-refractivity contribution in [3.63, 3.8) is 0 Å². The zero-order valence-electron chi connectivity index (χ0n) is 11.6. The molecule has 0 aliphatic heterocycles. The van der Waals surface area contributed by atoms with Gasteiger partial charge in [-0.1, -0.05) is 19.8 Å². The molecule has 0 saturated heterocycles. The molecule has 0 saturated carbocycles. The molecule has 0 amide bonds. The molecule has 2 N–H and O–H groups in total. The molecule has 1 rings (SSSR count). The number of nitro groups is 1. The van der Waals surface area contributed by atoms with Crippen LogP contribution in [0.5, 0.6) is 0 Å². The molecule has 1 heterocycles. The third-order valence-electron chi connectivity index (χ3n) is 2.67. The molecule has 7 nitrogen and oxygen atoms in total. The Morgan fingerprint density at radius 3 is 2.79 bits per heavy atom. The molecule has 0 aromatic carbocycles. The molecule has 0 aliphatic rings. The second-order valence-electron chi connectivity index (χ2n) is 4.40. The molecule has 106 valence electrons. The Kier molecular flexibility index (Phi) is 5.98.